The summed E-state index contributed by atoms with van der Waals surface area (Å²) >= 11 is 0. The number of piperidine rings is 1. The van der Waals surface area contributed by atoms with E-state index in [-0.39, 0.29) is 12.2 Å². The van der Waals surface area contributed by atoms with E-state index in [1.165, 1.54) is 6.42 Å². The highest BCUT2D eigenvalue weighted by molar-refractivity contribution is 5.67. The fourth-order valence-corrected chi connectivity index (χ4v) is 1.84. The van der Waals surface area contributed by atoms with Gasteiger partial charge in [0.15, 0.2) is 0 Å². The fraction of sp³-hybridized carbons (Fsp3) is 0.909. The van der Waals surface area contributed by atoms with Gasteiger partial charge in [-0.25, -0.2) is 4.79 Å². The van der Waals surface area contributed by atoms with Crippen molar-refractivity contribution in [3.63, 3.8) is 0 Å². The van der Waals surface area contributed by atoms with Crippen molar-refractivity contribution < 1.29 is 9.53 Å². The van der Waals surface area contributed by atoms with Crippen LogP contribution in [0, 0.1) is 5.92 Å². The summed E-state index contributed by atoms with van der Waals surface area (Å²) in [5.41, 5.74) is 0. The molecule has 0 aliphatic carbocycles. The van der Waals surface area contributed by atoms with Crippen LogP contribution in [0.3, 0.4) is 0 Å². The summed E-state index contributed by atoms with van der Waals surface area (Å²) in [7, 11) is 0. The smallest absolute Gasteiger partial charge is 0.410 e. The van der Waals surface area contributed by atoms with Crippen molar-refractivity contribution in [2.75, 3.05) is 13.1 Å². The monoisotopic (exact) mass is 199 g/mol. The zero-order chi connectivity index (χ0) is 10.6. The van der Waals surface area contributed by atoms with Crippen LogP contribution in [0.2, 0.25) is 0 Å². The molecule has 1 aliphatic heterocycles. The van der Waals surface area contributed by atoms with Gasteiger partial charge < -0.3 is 9.64 Å². The molecule has 0 saturated carbocycles. The summed E-state index contributed by atoms with van der Waals surface area (Å²) in [6.45, 7) is 7.70. The maximum atomic E-state index is 11.6. The lowest BCUT2D eigenvalue weighted by atomic mass is 9.96. The van der Waals surface area contributed by atoms with E-state index in [4.69, 9.17) is 4.74 Å². The predicted octanol–water partition coefficient (Wildman–Crippen LogP) is 2.65. The summed E-state index contributed by atoms with van der Waals surface area (Å²) in [5, 5.41) is 0. The number of ether oxygens (including phenoxy) is 1. The Morgan fingerprint density at radius 1 is 1.57 bits per heavy atom. The van der Waals surface area contributed by atoms with E-state index in [1.807, 2.05) is 18.7 Å². The van der Waals surface area contributed by atoms with Crippen LogP contribution >= 0.6 is 0 Å². The fourth-order valence-electron chi connectivity index (χ4n) is 1.84. The Labute approximate surface area is 86.4 Å². The summed E-state index contributed by atoms with van der Waals surface area (Å²) in [5.74, 6) is 0.670. The molecule has 1 unspecified atom stereocenters. The third-order valence-electron chi connectivity index (χ3n) is 2.69. The number of hydrogen-bond donors (Lipinski definition) is 0. The highest BCUT2D eigenvalue weighted by atomic mass is 16.6. The zero-order valence-electron chi connectivity index (χ0n) is 9.45. The molecule has 1 aliphatic rings. The Bertz CT molecular complexity index is 192. The van der Waals surface area contributed by atoms with E-state index in [1.54, 1.807) is 0 Å². The van der Waals surface area contributed by atoms with Crippen molar-refractivity contribution >= 4 is 6.09 Å². The summed E-state index contributed by atoms with van der Waals surface area (Å²) in [4.78, 5) is 13.4. The van der Waals surface area contributed by atoms with E-state index >= 15 is 0 Å². The molecule has 1 fully saturated rings. The quantitative estimate of drug-likeness (QED) is 0.684. The molecular weight excluding hydrogens is 178 g/mol. The van der Waals surface area contributed by atoms with Gasteiger partial charge in [-0.15, -0.1) is 0 Å². The normalized spacial score (nSPS) is 22.6. The first-order valence-corrected chi connectivity index (χ1v) is 5.59. The molecule has 1 amide bonds. The number of carbonyl (C=O) groups is 1. The largest absolute Gasteiger partial charge is 0.447 e. The molecule has 0 spiro atoms. The molecule has 1 atom stereocenters. The van der Waals surface area contributed by atoms with Crippen molar-refractivity contribution in [2.24, 2.45) is 5.92 Å². The molecule has 82 valence electrons. The average molecular weight is 199 g/mol. The third kappa shape index (κ3) is 3.20. The summed E-state index contributed by atoms with van der Waals surface area (Å²) < 4.78 is 5.17. The van der Waals surface area contributed by atoms with Crippen LogP contribution in [0.4, 0.5) is 4.79 Å². The topological polar surface area (TPSA) is 29.5 Å². The van der Waals surface area contributed by atoms with Crippen LogP contribution in [0.15, 0.2) is 0 Å². The Kier molecular flexibility index (Phi) is 4.23. The van der Waals surface area contributed by atoms with Gasteiger partial charge in [0, 0.05) is 13.1 Å². The van der Waals surface area contributed by atoms with Crippen LogP contribution in [0.25, 0.3) is 0 Å². The first kappa shape index (κ1) is 11.3. The number of nitrogens with zero attached hydrogens (tertiary/aromatic N) is 1. The summed E-state index contributed by atoms with van der Waals surface area (Å²) in [6.07, 6.45) is 3.38. The maximum Gasteiger partial charge on any atom is 0.410 e. The van der Waals surface area contributed by atoms with Crippen molar-refractivity contribution in [3.8, 4) is 0 Å². The molecule has 0 bridgehead atoms. The minimum Gasteiger partial charge on any atom is -0.447 e. The van der Waals surface area contributed by atoms with E-state index in [0.717, 1.165) is 25.9 Å². The minimum atomic E-state index is -0.141. The highest BCUT2D eigenvalue weighted by Crippen LogP contribution is 2.19. The van der Waals surface area contributed by atoms with Crippen LogP contribution in [0.5, 0.6) is 0 Å². The predicted molar refractivity (Wildman–Crippen MR) is 56.2 cm³/mol. The number of amides is 1. The molecule has 0 aromatic carbocycles. The van der Waals surface area contributed by atoms with Gasteiger partial charge in [-0.2, -0.15) is 0 Å². The lowest BCUT2D eigenvalue weighted by molar-refractivity contribution is 0.0622. The van der Waals surface area contributed by atoms with Crippen LogP contribution in [-0.4, -0.2) is 30.2 Å². The molecule has 1 saturated heterocycles. The number of likely N-dealkylation sites (tertiary alicyclic amines) is 1. The first-order valence-electron chi connectivity index (χ1n) is 5.59. The zero-order valence-corrected chi connectivity index (χ0v) is 9.45. The first-order chi connectivity index (χ1) is 6.63. The Morgan fingerprint density at radius 2 is 2.29 bits per heavy atom. The molecule has 0 aromatic rings. The minimum absolute atomic E-state index is 0.00972. The van der Waals surface area contributed by atoms with Gasteiger partial charge in [0.25, 0.3) is 0 Å². The highest BCUT2D eigenvalue weighted by Gasteiger charge is 2.23. The van der Waals surface area contributed by atoms with Crippen LogP contribution in [0.1, 0.15) is 40.0 Å². The number of carbonyl (C=O) groups excluding carboxylic acids is 1. The van der Waals surface area contributed by atoms with Gasteiger partial charge in [0.05, 0.1) is 6.10 Å². The third-order valence-corrected chi connectivity index (χ3v) is 2.69. The molecule has 1 heterocycles. The van der Waals surface area contributed by atoms with Crippen molar-refractivity contribution in [3.05, 3.63) is 0 Å². The van der Waals surface area contributed by atoms with Gasteiger partial charge >= 0.3 is 6.09 Å². The van der Waals surface area contributed by atoms with Gasteiger partial charge in [0.1, 0.15) is 0 Å². The van der Waals surface area contributed by atoms with E-state index in [0.29, 0.717) is 5.92 Å². The maximum absolute atomic E-state index is 11.6. The molecule has 0 aromatic heterocycles. The molecular formula is C11H21NO2. The average Bonchev–Trinajstić information content (AvgIpc) is 2.17. The van der Waals surface area contributed by atoms with Gasteiger partial charge in [-0.1, -0.05) is 13.3 Å². The second-order valence-corrected chi connectivity index (χ2v) is 4.30. The SMILES string of the molecule is CCC1CCCN(C(=O)OC(C)C)C1. The molecule has 0 radical (unpaired) electrons. The van der Waals surface area contributed by atoms with Crippen molar-refractivity contribution in [1.29, 1.82) is 0 Å². The molecule has 14 heavy (non-hydrogen) atoms. The van der Waals surface area contributed by atoms with Crippen LogP contribution < -0.4 is 0 Å². The van der Waals surface area contributed by atoms with Gasteiger partial charge in [0.2, 0.25) is 0 Å². The second kappa shape index (κ2) is 5.23. The molecule has 0 N–H and O–H groups in total. The standard InChI is InChI=1S/C11H21NO2/c1-4-10-6-5-7-12(8-10)11(13)14-9(2)3/h9-10H,4-8H2,1-3H3. The van der Waals surface area contributed by atoms with E-state index < -0.39 is 0 Å². The lowest BCUT2D eigenvalue weighted by Gasteiger charge is -2.31. The second-order valence-electron chi connectivity index (χ2n) is 4.30. The Hall–Kier alpha value is -0.730. The Morgan fingerprint density at radius 3 is 2.86 bits per heavy atom. The number of rotatable bonds is 2. The number of hydrogen-bond acceptors (Lipinski definition) is 2. The van der Waals surface area contributed by atoms with Gasteiger partial charge in [-0.05, 0) is 32.6 Å². The lowest BCUT2D eigenvalue weighted by Crippen LogP contribution is -2.40. The van der Waals surface area contributed by atoms with E-state index in [2.05, 4.69) is 6.92 Å². The van der Waals surface area contributed by atoms with Crippen molar-refractivity contribution in [2.45, 2.75) is 46.1 Å². The molecule has 3 heteroatoms. The van der Waals surface area contributed by atoms with E-state index in [9.17, 15) is 4.79 Å². The van der Waals surface area contributed by atoms with Crippen LogP contribution in [-0.2, 0) is 4.74 Å². The van der Waals surface area contributed by atoms with Gasteiger partial charge in [-0.3, -0.25) is 0 Å². The molecule has 1 rings (SSSR count). The summed E-state index contributed by atoms with van der Waals surface area (Å²) in [6, 6.07) is 0. The van der Waals surface area contributed by atoms with Crippen molar-refractivity contribution in [1.82, 2.24) is 4.90 Å². The Balaban J connectivity index is 2.39. The molecule has 3 nitrogen and oxygen atoms in total.